The summed E-state index contributed by atoms with van der Waals surface area (Å²) in [7, 11) is 0. The molecule has 2 atom stereocenters. The molecule has 0 saturated carbocycles. The molecule has 0 spiro atoms. The van der Waals surface area contributed by atoms with E-state index in [9.17, 15) is 30.6 Å². The van der Waals surface area contributed by atoms with Crippen molar-refractivity contribution >= 4 is 0 Å². The van der Waals surface area contributed by atoms with Crippen LogP contribution in [0.15, 0.2) is 36.4 Å². The summed E-state index contributed by atoms with van der Waals surface area (Å²) in [5.41, 5.74) is 2.19. The van der Waals surface area contributed by atoms with Crippen molar-refractivity contribution in [3.63, 3.8) is 0 Å². The van der Waals surface area contributed by atoms with Gasteiger partial charge in [-0.3, -0.25) is 0 Å². The summed E-state index contributed by atoms with van der Waals surface area (Å²) in [4.78, 5) is 0. The summed E-state index contributed by atoms with van der Waals surface area (Å²) >= 11 is 0. The van der Waals surface area contributed by atoms with Gasteiger partial charge < -0.3 is 46.0 Å². The molecule has 9 nitrogen and oxygen atoms in total. The van der Waals surface area contributed by atoms with Crippen LogP contribution >= 0.6 is 0 Å². The molecule has 2 aromatic rings. The second-order valence-corrected chi connectivity index (χ2v) is 9.97. The van der Waals surface area contributed by atoms with Gasteiger partial charge in [-0.2, -0.15) is 0 Å². The molecule has 220 valence electrons. The van der Waals surface area contributed by atoms with Crippen molar-refractivity contribution in [3.8, 4) is 11.5 Å². The van der Waals surface area contributed by atoms with E-state index < -0.39 is 12.2 Å². The second-order valence-electron chi connectivity index (χ2n) is 9.97. The monoisotopic (exact) mass is 548 g/mol. The van der Waals surface area contributed by atoms with E-state index in [1.807, 2.05) is 0 Å². The zero-order chi connectivity index (χ0) is 28.3. The van der Waals surface area contributed by atoms with Crippen LogP contribution in [0.4, 0.5) is 0 Å². The third kappa shape index (κ3) is 13.1. The average Bonchev–Trinajstić information content (AvgIpc) is 2.94. The molecule has 0 aromatic heterocycles. The standard InChI is InChI=1S/C30H48N2O7/c33-21-25-17-23(9-11-27(25)35)29(37)19-31-13-5-1-3-7-15-39-16-8-4-2-6-14-32-20-30(38)24-10-12-28(36)26(18-24)22-34/h9-12,17-18,29-38H,1-8,13-16,19-22H2. The van der Waals surface area contributed by atoms with Gasteiger partial charge in [0.2, 0.25) is 0 Å². The molecule has 9 heteroatoms. The molecule has 0 aliphatic heterocycles. The minimum atomic E-state index is -0.674. The van der Waals surface area contributed by atoms with Gasteiger partial charge in [0.1, 0.15) is 11.5 Å². The number of aliphatic hydroxyl groups is 4. The van der Waals surface area contributed by atoms with Crippen LogP contribution < -0.4 is 10.6 Å². The van der Waals surface area contributed by atoms with Gasteiger partial charge in [-0.1, -0.05) is 37.8 Å². The zero-order valence-corrected chi connectivity index (χ0v) is 23.0. The molecular weight excluding hydrogens is 500 g/mol. The Morgan fingerprint density at radius 2 is 1.00 bits per heavy atom. The summed E-state index contributed by atoms with van der Waals surface area (Å²) < 4.78 is 5.74. The first-order valence-corrected chi connectivity index (χ1v) is 14.2. The fourth-order valence-electron chi connectivity index (χ4n) is 4.31. The smallest absolute Gasteiger partial charge is 0.121 e. The third-order valence-corrected chi connectivity index (χ3v) is 6.78. The van der Waals surface area contributed by atoms with Crippen LogP contribution in [0.2, 0.25) is 0 Å². The maximum absolute atomic E-state index is 10.3. The van der Waals surface area contributed by atoms with Gasteiger partial charge in [0, 0.05) is 37.4 Å². The van der Waals surface area contributed by atoms with Gasteiger partial charge in [-0.05, 0) is 74.2 Å². The number of aromatic hydroxyl groups is 2. The van der Waals surface area contributed by atoms with Gasteiger partial charge in [0.25, 0.3) is 0 Å². The molecule has 0 heterocycles. The molecule has 0 bridgehead atoms. The Morgan fingerprint density at radius 1 is 0.590 bits per heavy atom. The van der Waals surface area contributed by atoms with Crippen LogP contribution in [0, 0.1) is 0 Å². The zero-order valence-electron chi connectivity index (χ0n) is 23.0. The topological polar surface area (TPSA) is 155 Å². The molecule has 2 aromatic carbocycles. The number of hydrogen-bond acceptors (Lipinski definition) is 9. The van der Waals surface area contributed by atoms with Crippen molar-refractivity contribution in [2.24, 2.45) is 0 Å². The Bertz CT molecular complexity index is 855. The van der Waals surface area contributed by atoms with E-state index in [1.54, 1.807) is 24.3 Å². The van der Waals surface area contributed by atoms with Gasteiger partial charge in [0.05, 0.1) is 25.4 Å². The van der Waals surface area contributed by atoms with Crippen LogP contribution in [0.5, 0.6) is 11.5 Å². The summed E-state index contributed by atoms with van der Waals surface area (Å²) in [6.07, 6.45) is 7.27. The van der Waals surface area contributed by atoms with E-state index in [-0.39, 0.29) is 24.7 Å². The largest absolute Gasteiger partial charge is 0.508 e. The first kappa shape index (κ1) is 33.0. The van der Waals surface area contributed by atoms with Gasteiger partial charge >= 0.3 is 0 Å². The molecule has 8 N–H and O–H groups in total. The quantitative estimate of drug-likeness (QED) is 0.104. The Balaban J connectivity index is 1.34. The Hall–Kier alpha value is -2.24. The van der Waals surface area contributed by atoms with Crippen molar-refractivity contribution in [3.05, 3.63) is 58.7 Å². The van der Waals surface area contributed by atoms with Crippen molar-refractivity contribution in [2.45, 2.75) is 76.8 Å². The molecule has 0 radical (unpaired) electrons. The normalized spacial score (nSPS) is 13.0. The minimum absolute atomic E-state index is 0.0372. The van der Waals surface area contributed by atoms with E-state index in [1.165, 1.54) is 12.1 Å². The number of unbranched alkanes of at least 4 members (excludes halogenated alkanes) is 6. The fraction of sp³-hybridized carbons (Fsp3) is 0.600. The highest BCUT2D eigenvalue weighted by molar-refractivity contribution is 5.37. The number of ether oxygens (including phenoxy) is 1. The molecule has 0 aliphatic carbocycles. The summed E-state index contributed by atoms with van der Waals surface area (Å²) in [5.74, 6) is 0.0745. The average molecular weight is 549 g/mol. The highest BCUT2D eigenvalue weighted by Gasteiger charge is 2.11. The maximum atomic E-state index is 10.3. The lowest BCUT2D eigenvalue weighted by Crippen LogP contribution is -2.22. The summed E-state index contributed by atoms with van der Waals surface area (Å²) in [6.45, 7) is 3.59. The number of nitrogens with one attached hydrogen (secondary N) is 2. The van der Waals surface area contributed by atoms with E-state index in [4.69, 9.17) is 4.74 Å². The predicted molar refractivity (Wildman–Crippen MR) is 151 cm³/mol. The molecule has 2 unspecified atom stereocenters. The van der Waals surface area contributed by atoms with E-state index in [0.29, 0.717) is 35.3 Å². The van der Waals surface area contributed by atoms with E-state index in [0.717, 1.165) is 77.7 Å². The van der Waals surface area contributed by atoms with Crippen LogP contribution in [-0.4, -0.2) is 70.0 Å². The molecule has 2 rings (SSSR count). The van der Waals surface area contributed by atoms with Crippen molar-refractivity contribution in [1.82, 2.24) is 10.6 Å². The maximum Gasteiger partial charge on any atom is 0.121 e. The van der Waals surface area contributed by atoms with Crippen LogP contribution in [-0.2, 0) is 18.0 Å². The van der Waals surface area contributed by atoms with Gasteiger partial charge in [-0.15, -0.1) is 0 Å². The number of benzene rings is 2. The van der Waals surface area contributed by atoms with E-state index in [2.05, 4.69) is 10.6 Å². The number of rotatable bonds is 22. The summed E-state index contributed by atoms with van der Waals surface area (Å²) in [6, 6.07) is 9.59. The highest BCUT2D eigenvalue weighted by Crippen LogP contribution is 2.23. The van der Waals surface area contributed by atoms with Crippen molar-refractivity contribution < 1.29 is 35.4 Å². The Morgan fingerprint density at radius 3 is 1.41 bits per heavy atom. The van der Waals surface area contributed by atoms with Crippen LogP contribution in [0.1, 0.15) is 85.8 Å². The van der Waals surface area contributed by atoms with Crippen molar-refractivity contribution in [1.29, 1.82) is 0 Å². The highest BCUT2D eigenvalue weighted by atomic mass is 16.5. The Kier molecular flexibility index (Phi) is 16.7. The molecule has 0 amide bonds. The molecule has 0 aliphatic rings. The Labute approximate surface area is 232 Å². The SMILES string of the molecule is OCc1cc(C(O)CNCCCCCCOCCCCCCNCC(O)c2ccc(O)c(CO)c2)ccc1O. The first-order chi connectivity index (χ1) is 19.0. The third-order valence-electron chi connectivity index (χ3n) is 6.78. The lowest BCUT2D eigenvalue weighted by atomic mass is 10.1. The molecular formula is C30H48N2O7. The van der Waals surface area contributed by atoms with Gasteiger partial charge in [-0.25, -0.2) is 0 Å². The summed E-state index contributed by atoms with van der Waals surface area (Å²) in [5, 5.41) is 64.7. The van der Waals surface area contributed by atoms with Crippen molar-refractivity contribution in [2.75, 3.05) is 39.4 Å². The fourth-order valence-corrected chi connectivity index (χ4v) is 4.31. The lowest BCUT2D eigenvalue weighted by molar-refractivity contribution is 0.125. The second kappa shape index (κ2) is 19.8. The minimum Gasteiger partial charge on any atom is -0.508 e. The number of phenols is 2. The molecule has 39 heavy (non-hydrogen) atoms. The van der Waals surface area contributed by atoms with Crippen LogP contribution in [0.3, 0.4) is 0 Å². The number of hydrogen-bond donors (Lipinski definition) is 8. The molecule has 0 fully saturated rings. The predicted octanol–water partition coefficient (Wildman–Crippen LogP) is 3.17. The first-order valence-electron chi connectivity index (χ1n) is 14.2. The molecule has 0 saturated heterocycles. The number of aliphatic hydroxyl groups excluding tert-OH is 4. The van der Waals surface area contributed by atoms with Gasteiger partial charge in [0.15, 0.2) is 0 Å². The lowest BCUT2D eigenvalue weighted by Gasteiger charge is -2.14. The van der Waals surface area contributed by atoms with E-state index >= 15 is 0 Å². The van der Waals surface area contributed by atoms with Crippen LogP contribution in [0.25, 0.3) is 0 Å².